The van der Waals surface area contributed by atoms with E-state index in [4.69, 9.17) is 11.6 Å². The number of anilines is 1. The lowest BCUT2D eigenvalue weighted by Crippen LogP contribution is -2.37. The van der Waals surface area contributed by atoms with Crippen molar-refractivity contribution in [2.75, 3.05) is 5.32 Å². The standard InChI is InChI=1S/C17H18ClN3O/c18-14-3-1-2-13(12-14)4-8-17(22)9-5-15(6-10-17)20-16-7-11-19-21-16/h1-3,7,11-12,15,22H,5-6,9-10H2,(H2,19,20,21). The molecule has 0 amide bonds. The summed E-state index contributed by atoms with van der Waals surface area (Å²) in [5, 5.41) is 21.5. The molecule has 0 atom stereocenters. The Morgan fingerprint density at radius 2 is 2.14 bits per heavy atom. The normalized spacial score (nSPS) is 24.4. The second-order valence-corrected chi connectivity index (χ2v) is 6.11. The maximum atomic E-state index is 10.6. The predicted molar refractivity (Wildman–Crippen MR) is 87.7 cm³/mol. The summed E-state index contributed by atoms with van der Waals surface area (Å²) < 4.78 is 0. The third-order valence-corrected chi connectivity index (χ3v) is 4.16. The molecule has 1 fully saturated rings. The summed E-state index contributed by atoms with van der Waals surface area (Å²) in [6, 6.07) is 9.61. The summed E-state index contributed by atoms with van der Waals surface area (Å²) in [5.74, 6) is 6.90. The van der Waals surface area contributed by atoms with Gasteiger partial charge in [-0.2, -0.15) is 5.10 Å². The molecule has 3 rings (SSSR count). The van der Waals surface area contributed by atoms with Crippen molar-refractivity contribution in [3.05, 3.63) is 47.1 Å². The molecule has 0 bridgehead atoms. The molecule has 1 aliphatic rings. The molecule has 1 saturated carbocycles. The SMILES string of the molecule is OC1(C#Cc2cccc(Cl)c2)CCC(Nc2cc[nH]n2)CC1. The number of aromatic amines is 1. The van der Waals surface area contributed by atoms with Gasteiger partial charge < -0.3 is 10.4 Å². The quantitative estimate of drug-likeness (QED) is 0.746. The van der Waals surface area contributed by atoms with E-state index in [9.17, 15) is 5.11 Å². The Morgan fingerprint density at radius 3 is 2.82 bits per heavy atom. The van der Waals surface area contributed by atoms with Crippen molar-refractivity contribution in [1.82, 2.24) is 10.2 Å². The summed E-state index contributed by atoms with van der Waals surface area (Å²) in [4.78, 5) is 0. The van der Waals surface area contributed by atoms with Gasteiger partial charge in [-0.3, -0.25) is 5.10 Å². The van der Waals surface area contributed by atoms with Gasteiger partial charge in [0.25, 0.3) is 0 Å². The van der Waals surface area contributed by atoms with E-state index in [0.717, 1.165) is 24.2 Å². The van der Waals surface area contributed by atoms with Crippen molar-refractivity contribution in [3.63, 3.8) is 0 Å². The first-order valence-corrected chi connectivity index (χ1v) is 7.78. The van der Waals surface area contributed by atoms with Gasteiger partial charge in [-0.25, -0.2) is 0 Å². The van der Waals surface area contributed by atoms with E-state index in [1.54, 1.807) is 6.20 Å². The van der Waals surface area contributed by atoms with E-state index >= 15 is 0 Å². The fraction of sp³-hybridized carbons (Fsp3) is 0.353. The van der Waals surface area contributed by atoms with Crippen LogP contribution < -0.4 is 5.32 Å². The molecule has 1 aromatic carbocycles. The number of hydrogen-bond donors (Lipinski definition) is 3. The van der Waals surface area contributed by atoms with Crippen LogP contribution in [0.2, 0.25) is 5.02 Å². The van der Waals surface area contributed by atoms with Crippen molar-refractivity contribution in [1.29, 1.82) is 0 Å². The second-order valence-electron chi connectivity index (χ2n) is 5.67. The summed E-state index contributed by atoms with van der Waals surface area (Å²) in [7, 11) is 0. The van der Waals surface area contributed by atoms with Gasteiger partial charge in [0, 0.05) is 22.8 Å². The van der Waals surface area contributed by atoms with E-state index in [-0.39, 0.29) is 0 Å². The first kappa shape index (κ1) is 15.0. The number of nitrogens with one attached hydrogen (secondary N) is 2. The molecule has 22 heavy (non-hydrogen) atoms. The molecule has 2 aromatic rings. The Balaban J connectivity index is 1.60. The highest BCUT2D eigenvalue weighted by Gasteiger charge is 2.31. The third-order valence-electron chi connectivity index (χ3n) is 3.93. The van der Waals surface area contributed by atoms with Crippen molar-refractivity contribution >= 4 is 17.4 Å². The number of H-pyrrole nitrogens is 1. The van der Waals surface area contributed by atoms with Crippen LogP contribution in [0, 0.1) is 11.8 Å². The van der Waals surface area contributed by atoms with Gasteiger partial charge in [-0.15, -0.1) is 0 Å². The van der Waals surface area contributed by atoms with Gasteiger partial charge >= 0.3 is 0 Å². The fourth-order valence-corrected chi connectivity index (χ4v) is 2.86. The zero-order valence-corrected chi connectivity index (χ0v) is 12.9. The van der Waals surface area contributed by atoms with Crippen molar-refractivity contribution in [2.45, 2.75) is 37.3 Å². The minimum atomic E-state index is -0.911. The zero-order chi connectivity index (χ0) is 15.4. The Hall–Kier alpha value is -1.96. The average Bonchev–Trinajstić information content (AvgIpc) is 3.01. The lowest BCUT2D eigenvalue weighted by atomic mass is 9.82. The second kappa shape index (κ2) is 6.43. The predicted octanol–water partition coefficient (Wildman–Crippen LogP) is 3.20. The van der Waals surface area contributed by atoms with E-state index in [1.165, 1.54) is 0 Å². The van der Waals surface area contributed by atoms with Crippen LogP contribution in [0.15, 0.2) is 36.5 Å². The fourth-order valence-electron chi connectivity index (χ4n) is 2.67. The average molecular weight is 316 g/mol. The van der Waals surface area contributed by atoms with Gasteiger partial charge in [-0.05, 0) is 49.9 Å². The Bertz CT molecular complexity index is 679. The monoisotopic (exact) mass is 315 g/mol. The number of benzene rings is 1. The third kappa shape index (κ3) is 3.82. The molecule has 0 unspecified atom stereocenters. The molecule has 4 nitrogen and oxygen atoms in total. The summed E-state index contributed by atoms with van der Waals surface area (Å²) in [5.41, 5.74) is -0.0794. The molecular formula is C17H18ClN3O. The van der Waals surface area contributed by atoms with Crippen LogP contribution in [0.1, 0.15) is 31.2 Å². The highest BCUT2D eigenvalue weighted by Crippen LogP contribution is 2.29. The molecule has 0 spiro atoms. The van der Waals surface area contributed by atoms with Crippen LogP contribution in [-0.2, 0) is 0 Å². The molecule has 5 heteroatoms. The lowest BCUT2D eigenvalue weighted by Gasteiger charge is -2.32. The Morgan fingerprint density at radius 1 is 1.32 bits per heavy atom. The van der Waals surface area contributed by atoms with E-state index in [1.807, 2.05) is 30.3 Å². The highest BCUT2D eigenvalue weighted by atomic mass is 35.5. The zero-order valence-electron chi connectivity index (χ0n) is 12.1. The minimum Gasteiger partial charge on any atom is -0.378 e. The maximum absolute atomic E-state index is 10.6. The van der Waals surface area contributed by atoms with E-state index in [0.29, 0.717) is 23.9 Å². The van der Waals surface area contributed by atoms with Gasteiger partial charge in [0.05, 0.1) is 0 Å². The van der Waals surface area contributed by atoms with Crippen molar-refractivity contribution in [3.8, 4) is 11.8 Å². The van der Waals surface area contributed by atoms with Crippen LogP contribution in [0.3, 0.4) is 0 Å². The van der Waals surface area contributed by atoms with Crippen LogP contribution in [-0.4, -0.2) is 26.9 Å². The van der Waals surface area contributed by atoms with Crippen molar-refractivity contribution < 1.29 is 5.11 Å². The van der Waals surface area contributed by atoms with Gasteiger partial charge in [0.1, 0.15) is 11.4 Å². The largest absolute Gasteiger partial charge is 0.378 e. The minimum absolute atomic E-state index is 0.330. The smallest absolute Gasteiger partial charge is 0.147 e. The van der Waals surface area contributed by atoms with Gasteiger partial charge in [0.15, 0.2) is 0 Å². The molecule has 0 radical (unpaired) electrons. The number of halogens is 1. The first-order valence-electron chi connectivity index (χ1n) is 7.40. The summed E-state index contributed by atoms with van der Waals surface area (Å²) in [6.07, 6.45) is 4.84. The lowest BCUT2D eigenvalue weighted by molar-refractivity contribution is 0.0576. The topological polar surface area (TPSA) is 60.9 Å². The molecule has 0 aliphatic heterocycles. The number of aromatic nitrogens is 2. The van der Waals surface area contributed by atoms with Gasteiger partial charge in [-0.1, -0.05) is 29.5 Å². The molecule has 1 heterocycles. The molecular weight excluding hydrogens is 298 g/mol. The molecule has 114 valence electrons. The summed E-state index contributed by atoms with van der Waals surface area (Å²) >= 11 is 5.94. The molecule has 1 aromatic heterocycles. The van der Waals surface area contributed by atoms with Crippen LogP contribution in [0.5, 0.6) is 0 Å². The number of hydrogen-bond acceptors (Lipinski definition) is 3. The molecule has 1 aliphatic carbocycles. The first-order chi connectivity index (χ1) is 10.6. The van der Waals surface area contributed by atoms with Crippen LogP contribution in [0.4, 0.5) is 5.82 Å². The number of rotatable bonds is 2. The van der Waals surface area contributed by atoms with Gasteiger partial charge in [0.2, 0.25) is 0 Å². The van der Waals surface area contributed by atoms with Crippen LogP contribution >= 0.6 is 11.6 Å². The van der Waals surface area contributed by atoms with Crippen LogP contribution in [0.25, 0.3) is 0 Å². The van der Waals surface area contributed by atoms with E-state index < -0.39 is 5.60 Å². The van der Waals surface area contributed by atoms with Crippen molar-refractivity contribution in [2.24, 2.45) is 0 Å². The summed E-state index contributed by atoms with van der Waals surface area (Å²) in [6.45, 7) is 0. The molecule has 3 N–H and O–H groups in total. The highest BCUT2D eigenvalue weighted by molar-refractivity contribution is 6.30. The Kier molecular flexibility index (Phi) is 4.37. The Labute approximate surface area is 134 Å². The maximum Gasteiger partial charge on any atom is 0.147 e. The number of nitrogens with zero attached hydrogens (tertiary/aromatic N) is 1. The number of aliphatic hydroxyl groups is 1. The van der Waals surface area contributed by atoms with E-state index in [2.05, 4.69) is 27.4 Å². The molecule has 0 saturated heterocycles.